The topological polar surface area (TPSA) is 3.24 Å². The summed E-state index contributed by atoms with van der Waals surface area (Å²) in [6.07, 6.45) is 14.8. The smallest absolute Gasteiger partial charge is 0.0233 e. The highest BCUT2D eigenvalue weighted by Gasteiger charge is 2.05. The van der Waals surface area contributed by atoms with Crippen LogP contribution < -0.4 is 0 Å². The number of nitrogens with zero attached hydrogens (tertiary/aromatic N) is 1. The predicted molar refractivity (Wildman–Crippen MR) is 109 cm³/mol. The van der Waals surface area contributed by atoms with E-state index in [0.29, 0.717) is 0 Å². The maximum absolute atomic E-state index is 2.63. The maximum Gasteiger partial charge on any atom is 0.0233 e. The second kappa shape index (κ2) is 14.5. The molecule has 1 aromatic carbocycles. The molecule has 0 aliphatic heterocycles. The molecule has 0 aliphatic rings. The van der Waals surface area contributed by atoms with Crippen molar-refractivity contribution in [3.63, 3.8) is 0 Å². The highest BCUT2D eigenvalue weighted by molar-refractivity contribution is 5.22. The zero-order chi connectivity index (χ0) is 17.5. The number of rotatable bonds is 15. The van der Waals surface area contributed by atoms with Crippen LogP contribution in [0.1, 0.15) is 96.1 Å². The summed E-state index contributed by atoms with van der Waals surface area (Å²) in [6.45, 7) is 10.5. The lowest BCUT2D eigenvalue weighted by Gasteiger charge is -2.22. The lowest BCUT2D eigenvalue weighted by Crippen LogP contribution is -2.25. The van der Waals surface area contributed by atoms with E-state index in [-0.39, 0.29) is 0 Å². The predicted octanol–water partition coefficient (Wildman–Crippen LogP) is 6.99. The Kier molecular flexibility index (Phi) is 12.8. The summed E-state index contributed by atoms with van der Waals surface area (Å²) in [4.78, 5) is 2.63. The van der Waals surface area contributed by atoms with Crippen LogP contribution in [0.25, 0.3) is 0 Å². The molecule has 24 heavy (non-hydrogen) atoms. The number of benzene rings is 1. The third-order valence-electron chi connectivity index (χ3n) is 4.90. The SMILES string of the molecule is CCCCCCCCc1ccc(CN(CCCC)CCCC)cc1. The van der Waals surface area contributed by atoms with Gasteiger partial charge in [0.2, 0.25) is 0 Å². The van der Waals surface area contributed by atoms with Gasteiger partial charge in [0, 0.05) is 6.54 Å². The minimum absolute atomic E-state index is 1.12. The average molecular weight is 332 g/mol. The summed E-state index contributed by atoms with van der Waals surface area (Å²) in [6, 6.07) is 9.44. The van der Waals surface area contributed by atoms with E-state index in [1.54, 1.807) is 0 Å². The summed E-state index contributed by atoms with van der Waals surface area (Å²) in [5.74, 6) is 0. The molecule has 0 saturated heterocycles. The Balaban J connectivity index is 2.33. The van der Waals surface area contributed by atoms with Gasteiger partial charge in [-0.1, -0.05) is 90.0 Å². The molecule has 138 valence electrons. The van der Waals surface area contributed by atoms with Crippen molar-refractivity contribution in [2.75, 3.05) is 13.1 Å². The Morgan fingerprint density at radius 2 is 1.08 bits per heavy atom. The molecular formula is C23H41N. The lowest BCUT2D eigenvalue weighted by atomic mass is 10.0. The molecule has 1 aromatic rings. The normalized spacial score (nSPS) is 11.3. The molecule has 0 atom stereocenters. The van der Waals surface area contributed by atoms with E-state index in [1.165, 1.54) is 94.8 Å². The minimum atomic E-state index is 1.12. The largest absolute Gasteiger partial charge is 0.299 e. The molecule has 1 nitrogen and oxygen atoms in total. The van der Waals surface area contributed by atoms with Crippen LogP contribution in [0.15, 0.2) is 24.3 Å². The molecular weight excluding hydrogens is 290 g/mol. The van der Waals surface area contributed by atoms with Crippen LogP contribution in [0.3, 0.4) is 0 Å². The summed E-state index contributed by atoms with van der Waals surface area (Å²) in [7, 11) is 0. The zero-order valence-corrected chi connectivity index (χ0v) is 16.7. The Morgan fingerprint density at radius 1 is 0.583 bits per heavy atom. The Hall–Kier alpha value is -0.820. The van der Waals surface area contributed by atoms with Crippen LogP contribution in [0.2, 0.25) is 0 Å². The van der Waals surface area contributed by atoms with Gasteiger partial charge in [-0.3, -0.25) is 4.90 Å². The second-order valence-electron chi connectivity index (χ2n) is 7.32. The van der Waals surface area contributed by atoms with Crippen LogP contribution in [-0.4, -0.2) is 18.0 Å². The first-order valence-corrected chi connectivity index (χ1v) is 10.6. The second-order valence-corrected chi connectivity index (χ2v) is 7.32. The molecule has 0 spiro atoms. The fraction of sp³-hybridized carbons (Fsp3) is 0.739. The zero-order valence-electron chi connectivity index (χ0n) is 16.7. The number of hydrogen-bond acceptors (Lipinski definition) is 1. The Bertz CT molecular complexity index is 374. The van der Waals surface area contributed by atoms with Crippen molar-refractivity contribution in [3.05, 3.63) is 35.4 Å². The molecule has 0 bridgehead atoms. The molecule has 0 aromatic heterocycles. The molecule has 0 heterocycles. The van der Waals surface area contributed by atoms with E-state index in [1.807, 2.05) is 0 Å². The van der Waals surface area contributed by atoms with Gasteiger partial charge in [0.05, 0.1) is 0 Å². The van der Waals surface area contributed by atoms with E-state index in [4.69, 9.17) is 0 Å². The van der Waals surface area contributed by atoms with Crippen molar-refractivity contribution in [1.82, 2.24) is 4.90 Å². The number of hydrogen-bond donors (Lipinski definition) is 0. The number of aryl methyl sites for hydroxylation is 1. The fourth-order valence-electron chi connectivity index (χ4n) is 3.21. The summed E-state index contributed by atoms with van der Waals surface area (Å²) >= 11 is 0. The van der Waals surface area contributed by atoms with Crippen LogP contribution in [-0.2, 0) is 13.0 Å². The van der Waals surface area contributed by atoms with Crippen molar-refractivity contribution in [2.45, 2.75) is 97.9 Å². The van der Waals surface area contributed by atoms with Gasteiger partial charge in [-0.2, -0.15) is 0 Å². The molecule has 0 N–H and O–H groups in total. The van der Waals surface area contributed by atoms with Gasteiger partial charge in [0.25, 0.3) is 0 Å². The van der Waals surface area contributed by atoms with Crippen molar-refractivity contribution in [1.29, 1.82) is 0 Å². The van der Waals surface area contributed by atoms with Crippen LogP contribution in [0, 0.1) is 0 Å². The first-order chi connectivity index (χ1) is 11.8. The van der Waals surface area contributed by atoms with Crippen LogP contribution in [0.5, 0.6) is 0 Å². The molecule has 0 radical (unpaired) electrons. The van der Waals surface area contributed by atoms with Crippen molar-refractivity contribution >= 4 is 0 Å². The van der Waals surface area contributed by atoms with E-state index >= 15 is 0 Å². The van der Waals surface area contributed by atoms with Crippen LogP contribution >= 0.6 is 0 Å². The summed E-state index contributed by atoms with van der Waals surface area (Å²) in [5.41, 5.74) is 3.00. The molecule has 0 amide bonds. The maximum atomic E-state index is 2.63. The molecule has 0 fully saturated rings. The molecule has 0 aliphatic carbocycles. The molecule has 0 unspecified atom stereocenters. The standard InChI is InChI=1S/C23H41N/c1-4-7-10-11-12-13-14-22-15-17-23(18-16-22)21-24(19-8-5-2)20-9-6-3/h15-18H,4-14,19-21H2,1-3H3. The van der Waals surface area contributed by atoms with Crippen molar-refractivity contribution in [3.8, 4) is 0 Å². The van der Waals surface area contributed by atoms with Gasteiger partial charge >= 0.3 is 0 Å². The highest BCUT2D eigenvalue weighted by Crippen LogP contribution is 2.13. The van der Waals surface area contributed by atoms with Crippen molar-refractivity contribution < 1.29 is 0 Å². The van der Waals surface area contributed by atoms with Crippen molar-refractivity contribution in [2.24, 2.45) is 0 Å². The molecule has 1 heteroatoms. The van der Waals surface area contributed by atoms with Gasteiger partial charge in [-0.25, -0.2) is 0 Å². The van der Waals surface area contributed by atoms with Gasteiger partial charge in [-0.05, 0) is 49.9 Å². The quantitative estimate of drug-likeness (QED) is 0.313. The first-order valence-electron chi connectivity index (χ1n) is 10.6. The minimum Gasteiger partial charge on any atom is -0.299 e. The summed E-state index contributed by atoms with van der Waals surface area (Å²) < 4.78 is 0. The highest BCUT2D eigenvalue weighted by atomic mass is 15.1. The van der Waals surface area contributed by atoms with Crippen LogP contribution in [0.4, 0.5) is 0 Å². The van der Waals surface area contributed by atoms with E-state index in [0.717, 1.165) is 6.54 Å². The monoisotopic (exact) mass is 331 g/mol. The Morgan fingerprint density at radius 3 is 1.67 bits per heavy atom. The van der Waals surface area contributed by atoms with E-state index in [9.17, 15) is 0 Å². The van der Waals surface area contributed by atoms with Gasteiger partial charge in [0.15, 0.2) is 0 Å². The van der Waals surface area contributed by atoms with E-state index < -0.39 is 0 Å². The third kappa shape index (κ3) is 10.1. The number of unbranched alkanes of at least 4 members (excludes halogenated alkanes) is 7. The third-order valence-corrected chi connectivity index (χ3v) is 4.90. The fourth-order valence-corrected chi connectivity index (χ4v) is 3.21. The lowest BCUT2D eigenvalue weighted by molar-refractivity contribution is 0.257. The molecule has 1 rings (SSSR count). The molecule has 0 saturated carbocycles. The van der Waals surface area contributed by atoms with Gasteiger partial charge in [0.1, 0.15) is 0 Å². The average Bonchev–Trinajstić information content (AvgIpc) is 2.61. The van der Waals surface area contributed by atoms with E-state index in [2.05, 4.69) is 49.9 Å². The Labute approximate surface area is 151 Å². The van der Waals surface area contributed by atoms with Gasteiger partial charge in [-0.15, -0.1) is 0 Å². The summed E-state index contributed by atoms with van der Waals surface area (Å²) in [5, 5.41) is 0. The van der Waals surface area contributed by atoms with Gasteiger partial charge < -0.3 is 0 Å². The first kappa shape index (κ1) is 21.2.